The maximum atomic E-state index is 12.4. The van der Waals surface area contributed by atoms with Crippen molar-refractivity contribution < 1.29 is 13.2 Å². The Labute approximate surface area is 104 Å². The molecule has 0 saturated carbocycles. The summed E-state index contributed by atoms with van der Waals surface area (Å²) in [5.41, 5.74) is 2.91. The van der Waals surface area contributed by atoms with Gasteiger partial charge in [0, 0.05) is 12.6 Å². The Morgan fingerprint density at radius 2 is 2.06 bits per heavy atom. The summed E-state index contributed by atoms with van der Waals surface area (Å²) in [6, 6.07) is 4.80. The second-order valence-electron chi connectivity index (χ2n) is 4.27. The predicted octanol–water partition coefficient (Wildman–Crippen LogP) is 2.14. The van der Waals surface area contributed by atoms with Gasteiger partial charge in [0.1, 0.15) is 5.82 Å². The molecule has 1 aromatic heterocycles. The lowest BCUT2D eigenvalue weighted by Crippen LogP contribution is -2.38. The van der Waals surface area contributed by atoms with E-state index in [9.17, 15) is 13.2 Å². The molecular weight excluding hydrogens is 245 g/mol. The minimum absolute atomic E-state index is 0.132. The number of hydrogen-bond acceptors (Lipinski definition) is 4. The first-order chi connectivity index (χ1) is 8.31. The van der Waals surface area contributed by atoms with Gasteiger partial charge in [-0.25, -0.2) is 10.8 Å². The van der Waals surface area contributed by atoms with Gasteiger partial charge in [0.25, 0.3) is 0 Å². The maximum absolute atomic E-state index is 12.4. The van der Waals surface area contributed by atoms with Crippen LogP contribution >= 0.6 is 0 Å². The lowest BCUT2D eigenvalue weighted by molar-refractivity contribution is -0.151. The number of nitrogens with two attached hydrogens (primary N) is 1. The van der Waals surface area contributed by atoms with Crippen molar-refractivity contribution in [2.24, 2.45) is 5.84 Å². The monoisotopic (exact) mass is 262 g/mol. The van der Waals surface area contributed by atoms with Gasteiger partial charge in [0.15, 0.2) is 0 Å². The molecule has 0 aliphatic carbocycles. The number of nitrogen functional groups attached to an aromatic ring is 1. The highest BCUT2D eigenvalue weighted by molar-refractivity contribution is 5.33. The van der Waals surface area contributed by atoms with E-state index in [0.29, 0.717) is 11.5 Å². The molecule has 7 heteroatoms. The van der Waals surface area contributed by atoms with E-state index < -0.39 is 12.7 Å². The normalized spacial score (nSPS) is 12.2. The summed E-state index contributed by atoms with van der Waals surface area (Å²) >= 11 is 0. The molecule has 0 atom stereocenters. The summed E-state index contributed by atoms with van der Waals surface area (Å²) in [5, 5.41) is 0. The second-order valence-corrected chi connectivity index (χ2v) is 4.27. The van der Waals surface area contributed by atoms with Crippen molar-refractivity contribution in [3.8, 4) is 0 Å². The van der Waals surface area contributed by atoms with Crippen LogP contribution in [0.4, 0.5) is 19.0 Å². The summed E-state index contributed by atoms with van der Waals surface area (Å²) in [7, 11) is 0. The Kier molecular flexibility index (Phi) is 4.92. The predicted molar refractivity (Wildman–Crippen MR) is 63.6 cm³/mol. The molecule has 0 unspecified atom stereocenters. The van der Waals surface area contributed by atoms with Crippen LogP contribution in [-0.4, -0.2) is 28.6 Å². The van der Waals surface area contributed by atoms with Crippen LogP contribution in [0.1, 0.15) is 19.5 Å². The minimum atomic E-state index is -4.21. The van der Waals surface area contributed by atoms with Crippen LogP contribution in [0, 0.1) is 0 Å². The molecule has 0 aliphatic rings. The van der Waals surface area contributed by atoms with Crippen LogP contribution in [0.2, 0.25) is 0 Å². The number of alkyl halides is 3. The van der Waals surface area contributed by atoms with Crippen molar-refractivity contribution in [2.75, 3.05) is 12.0 Å². The number of rotatable bonds is 5. The number of hydrazine groups is 1. The van der Waals surface area contributed by atoms with E-state index in [-0.39, 0.29) is 12.6 Å². The van der Waals surface area contributed by atoms with Crippen LogP contribution < -0.4 is 11.3 Å². The summed E-state index contributed by atoms with van der Waals surface area (Å²) in [6.07, 6.45) is -4.21. The number of aromatic nitrogens is 1. The van der Waals surface area contributed by atoms with E-state index in [4.69, 9.17) is 5.84 Å². The molecule has 1 aromatic rings. The number of nitrogens with zero attached hydrogens (tertiary/aromatic N) is 2. The van der Waals surface area contributed by atoms with Crippen LogP contribution in [-0.2, 0) is 6.54 Å². The molecule has 0 fully saturated rings. The van der Waals surface area contributed by atoms with E-state index in [1.54, 1.807) is 32.0 Å². The highest BCUT2D eigenvalue weighted by Gasteiger charge is 2.31. The minimum Gasteiger partial charge on any atom is -0.308 e. The Morgan fingerprint density at radius 1 is 1.39 bits per heavy atom. The maximum Gasteiger partial charge on any atom is 0.401 e. The molecule has 0 aliphatic heterocycles. The topological polar surface area (TPSA) is 54.2 Å². The fourth-order valence-electron chi connectivity index (χ4n) is 1.51. The summed E-state index contributed by atoms with van der Waals surface area (Å²) in [6.45, 7) is 2.62. The van der Waals surface area contributed by atoms with Crippen LogP contribution in [0.5, 0.6) is 0 Å². The Hall–Kier alpha value is -1.34. The zero-order chi connectivity index (χ0) is 13.8. The van der Waals surface area contributed by atoms with Crippen molar-refractivity contribution in [2.45, 2.75) is 32.6 Å². The molecule has 3 N–H and O–H groups in total. The average Bonchev–Trinajstić information content (AvgIpc) is 2.26. The fraction of sp³-hybridized carbons (Fsp3) is 0.545. The molecular formula is C11H17F3N4. The first-order valence-electron chi connectivity index (χ1n) is 5.55. The Balaban J connectivity index is 2.76. The molecule has 18 heavy (non-hydrogen) atoms. The van der Waals surface area contributed by atoms with E-state index in [1.165, 1.54) is 4.90 Å². The average molecular weight is 262 g/mol. The van der Waals surface area contributed by atoms with Crippen molar-refractivity contribution in [3.05, 3.63) is 23.9 Å². The fourth-order valence-corrected chi connectivity index (χ4v) is 1.51. The Bertz CT molecular complexity index is 379. The molecule has 0 aromatic carbocycles. The molecule has 0 saturated heterocycles. The van der Waals surface area contributed by atoms with Crippen LogP contribution in [0.15, 0.2) is 18.2 Å². The molecule has 0 spiro atoms. The van der Waals surface area contributed by atoms with Crippen LogP contribution in [0.3, 0.4) is 0 Å². The lowest BCUT2D eigenvalue weighted by atomic mass is 10.2. The van der Waals surface area contributed by atoms with Crippen molar-refractivity contribution in [3.63, 3.8) is 0 Å². The first kappa shape index (κ1) is 14.7. The zero-order valence-corrected chi connectivity index (χ0v) is 10.3. The SMILES string of the molecule is CC(C)N(Cc1cccc(NN)n1)CC(F)(F)F. The molecule has 1 heterocycles. The third-order valence-corrected chi connectivity index (χ3v) is 2.43. The number of hydrogen-bond donors (Lipinski definition) is 2. The van der Waals surface area contributed by atoms with E-state index >= 15 is 0 Å². The van der Waals surface area contributed by atoms with Gasteiger partial charge < -0.3 is 5.43 Å². The molecule has 4 nitrogen and oxygen atoms in total. The summed E-state index contributed by atoms with van der Waals surface area (Å²) in [5.74, 6) is 5.64. The third kappa shape index (κ3) is 4.89. The third-order valence-electron chi connectivity index (χ3n) is 2.43. The zero-order valence-electron chi connectivity index (χ0n) is 10.3. The second kappa shape index (κ2) is 6.01. The molecule has 0 amide bonds. The largest absolute Gasteiger partial charge is 0.401 e. The highest BCUT2D eigenvalue weighted by atomic mass is 19.4. The van der Waals surface area contributed by atoms with E-state index in [1.807, 2.05) is 0 Å². The molecule has 1 rings (SSSR count). The lowest BCUT2D eigenvalue weighted by Gasteiger charge is -2.27. The summed E-state index contributed by atoms with van der Waals surface area (Å²) < 4.78 is 37.3. The van der Waals surface area contributed by atoms with Gasteiger partial charge in [-0.2, -0.15) is 13.2 Å². The number of halogens is 3. The van der Waals surface area contributed by atoms with E-state index in [0.717, 1.165) is 0 Å². The quantitative estimate of drug-likeness (QED) is 0.630. The highest BCUT2D eigenvalue weighted by Crippen LogP contribution is 2.19. The number of pyridine rings is 1. The molecule has 102 valence electrons. The van der Waals surface area contributed by atoms with E-state index in [2.05, 4.69) is 10.4 Å². The van der Waals surface area contributed by atoms with Gasteiger partial charge in [-0.1, -0.05) is 6.07 Å². The van der Waals surface area contributed by atoms with Crippen molar-refractivity contribution in [1.29, 1.82) is 0 Å². The van der Waals surface area contributed by atoms with Gasteiger partial charge in [0.05, 0.1) is 12.2 Å². The van der Waals surface area contributed by atoms with Gasteiger partial charge in [-0.05, 0) is 26.0 Å². The van der Waals surface area contributed by atoms with Gasteiger partial charge in [-0.15, -0.1) is 0 Å². The van der Waals surface area contributed by atoms with Gasteiger partial charge in [0.2, 0.25) is 0 Å². The van der Waals surface area contributed by atoms with Crippen LogP contribution in [0.25, 0.3) is 0 Å². The van der Waals surface area contributed by atoms with Gasteiger partial charge >= 0.3 is 6.18 Å². The molecule has 0 radical (unpaired) electrons. The first-order valence-corrected chi connectivity index (χ1v) is 5.55. The molecule has 0 bridgehead atoms. The standard InChI is InChI=1S/C11H17F3N4/c1-8(2)18(7-11(12,13)14)6-9-4-3-5-10(16-9)17-15/h3-5,8H,6-7,15H2,1-2H3,(H,16,17). The van der Waals surface area contributed by atoms with Crippen molar-refractivity contribution >= 4 is 5.82 Å². The number of nitrogens with one attached hydrogen (secondary N) is 1. The Morgan fingerprint density at radius 3 is 2.56 bits per heavy atom. The number of anilines is 1. The smallest absolute Gasteiger partial charge is 0.308 e. The van der Waals surface area contributed by atoms with Crippen molar-refractivity contribution in [1.82, 2.24) is 9.88 Å². The summed E-state index contributed by atoms with van der Waals surface area (Å²) in [4.78, 5) is 5.41. The van der Waals surface area contributed by atoms with Gasteiger partial charge in [-0.3, -0.25) is 4.90 Å².